The lowest BCUT2D eigenvalue weighted by atomic mass is 10.1. The zero-order chi connectivity index (χ0) is 15.3. The van der Waals surface area contributed by atoms with E-state index in [1.165, 1.54) is 12.1 Å². The van der Waals surface area contributed by atoms with Gasteiger partial charge in [0, 0.05) is 33.1 Å². The average Bonchev–Trinajstić information content (AvgIpc) is 2.91. The highest BCUT2D eigenvalue weighted by Gasteiger charge is 2.11. The number of aromatic amines is 1. The van der Waals surface area contributed by atoms with Crippen LogP contribution >= 0.6 is 11.6 Å². The van der Waals surface area contributed by atoms with Crippen molar-refractivity contribution >= 4 is 33.4 Å². The number of benzene rings is 2. The number of nitrogens with one attached hydrogen (secondary N) is 1. The highest BCUT2D eigenvalue weighted by molar-refractivity contribution is 6.35. The van der Waals surface area contributed by atoms with E-state index < -0.39 is 0 Å². The third-order valence-corrected chi connectivity index (χ3v) is 4.24. The standard InChI is InChI=1S/C18H12ClFN2/c1-10-7-11(20)8-13-14(9-21-18(10)13)17-6-5-12-15(19)3-2-4-16(12)22-17/h2-9,21H,1H3. The molecule has 2 nitrogen and oxygen atoms in total. The van der Waals surface area contributed by atoms with E-state index in [0.717, 1.165) is 38.6 Å². The van der Waals surface area contributed by atoms with Crippen molar-refractivity contribution in [3.63, 3.8) is 0 Å². The van der Waals surface area contributed by atoms with E-state index >= 15 is 0 Å². The third kappa shape index (κ3) is 1.97. The molecule has 0 atom stereocenters. The van der Waals surface area contributed by atoms with Gasteiger partial charge in [0.05, 0.1) is 11.2 Å². The summed E-state index contributed by atoms with van der Waals surface area (Å²) in [6, 6.07) is 12.6. The molecule has 0 radical (unpaired) electrons. The molecule has 2 aromatic carbocycles. The first kappa shape index (κ1) is 13.3. The van der Waals surface area contributed by atoms with Crippen LogP contribution in [0.3, 0.4) is 0 Å². The lowest BCUT2D eigenvalue weighted by molar-refractivity contribution is 0.628. The van der Waals surface area contributed by atoms with Crippen LogP contribution in [0.25, 0.3) is 33.1 Å². The number of halogens is 2. The summed E-state index contributed by atoms with van der Waals surface area (Å²) in [4.78, 5) is 7.87. The summed E-state index contributed by atoms with van der Waals surface area (Å²) in [6.07, 6.45) is 1.87. The van der Waals surface area contributed by atoms with Crippen molar-refractivity contribution in [1.82, 2.24) is 9.97 Å². The molecule has 0 fully saturated rings. The molecule has 0 unspecified atom stereocenters. The average molecular weight is 311 g/mol. The Morgan fingerprint density at radius 3 is 2.82 bits per heavy atom. The molecule has 2 heterocycles. The Hall–Kier alpha value is -2.39. The van der Waals surface area contributed by atoms with E-state index in [4.69, 9.17) is 11.6 Å². The second-order valence-electron chi connectivity index (χ2n) is 5.35. The van der Waals surface area contributed by atoms with Gasteiger partial charge in [-0.1, -0.05) is 17.7 Å². The third-order valence-electron chi connectivity index (χ3n) is 3.91. The van der Waals surface area contributed by atoms with Crippen LogP contribution < -0.4 is 0 Å². The van der Waals surface area contributed by atoms with Crippen molar-refractivity contribution in [3.8, 4) is 11.3 Å². The van der Waals surface area contributed by atoms with Crippen molar-refractivity contribution in [2.75, 3.05) is 0 Å². The van der Waals surface area contributed by atoms with Crippen LogP contribution in [0.1, 0.15) is 5.56 Å². The molecule has 4 aromatic rings. The molecule has 0 amide bonds. The number of nitrogens with zero attached hydrogens (tertiary/aromatic N) is 1. The van der Waals surface area contributed by atoms with Crippen LogP contribution in [0.5, 0.6) is 0 Å². The van der Waals surface area contributed by atoms with Gasteiger partial charge >= 0.3 is 0 Å². The van der Waals surface area contributed by atoms with Gasteiger partial charge in [-0.2, -0.15) is 0 Å². The smallest absolute Gasteiger partial charge is 0.124 e. The van der Waals surface area contributed by atoms with E-state index in [0.29, 0.717) is 5.02 Å². The minimum Gasteiger partial charge on any atom is -0.360 e. The number of hydrogen-bond acceptors (Lipinski definition) is 1. The highest BCUT2D eigenvalue weighted by atomic mass is 35.5. The predicted octanol–water partition coefficient (Wildman–Crippen LogP) is 5.48. The molecule has 2 aromatic heterocycles. The first-order valence-electron chi connectivity index (χ1n) is 6.96. The summed E-state index contributed by atoms with van der Waals surface area (Å²) < 4.78 is 13.7. The minimum absolute atomic E-state index is 0.241. The number of pyridine rings is 1. The fourth-order valence-electron chi connectivity index (χ4n) is 2.85. The summed E-state index contributed by atoms with van der Waals surface area (Å²) >= 11 is 6.18. The van der Waals surface area contributed by atoms with Crippen molar-refractivity contribution in [1.29, 1.82) is 0 Å². The van der Waals surface area contributed by atoms with E-state index in [9.17, 15) is 4.39 Å². The summed E-state index contributed by atoms with van der Waals surface area (Å²) in [5, 5.41) is 2.43. The van der Waals surface area contributed by atoms with E-state index in [-0.39, 0.29) is 5.82 Å². The molecule has 4 rings (SSSR count). The Bertz CT molecular complexity index is 1020. The quantitative estimate of drug-likeness (QED) is 0.495. The maximum Gasteiger partial charge on any atom is 0.124 e. The van der Waals surface area contributed by atoms with Gasteiger partial charge in [0.1, 0.15) is 5.82 Å². The van der Waals surface area contributed by atoms with Crippen molar-refractivity contribution in [3.05, 3.63) is 65.1 Å². The fourth-order valence-corrected chi connectivity index (χ4v) is 3.08. The summed E-state index contributed by atoms with van der Waals surface area (Å²) in [7, 11) is 0. The van der Waals surface area contributed by atoms with Gasteiger partial charge in [-0.15, -0.1) is 0 Å². The largest absolute Gasteiger partial charge is 0.360 e. The molecule has 0 aliphatic rings. The number of fused-ring (bicyclic) bond motifs is 2. The number of aryl methyl sites for hydroxylation is 1. The normalized spacial score (nSPS) is 11.4. The van der Waals surface area contributed by atoms with Crippen molar-refractivity contribution in [2.24, 2.45) is 0 Å². The SMILES string of the molecule is Cc1cc(F)cc2c(-c3ccc4c(Cl)cccc4n3)c[nH]c12. The van der Waals surface area contributed by atoms with E-state index in [1.807, 2.05) is 43.5 Å². The predicted molar refractivity (Wildman–Crippen MR) is 88.7 cm³/mol. The van der Waals surface area contributed by atoms with Gasteiger partial charge in [-0.25, -0.2) is 9.37 Å². The number of rotatable bonds is 1. The topological polar surface area (TPSA) is 28.7 Å². The number of hydrogen-bond donors (Lipinski definition) is 1. The number of aromatic nitrogens is 2. The summed E-state index contributed by atoms with van der Waals surface area (Å²) in [5.74, 6) is -0.241. The Morgan fingerprint density at radius 2 is 1.95 bits per heavy atom. The van der Waals surface area contributed by atoms with Crippen LogP contribution in [-0.4, -0.2) is 9.97 Å². The van der Waals surface area contributed by atoms with Gasteiger partial charge in [0.2, 0.25) is 0 Å². The maximum atomic E-state index is 13.7. The van der Waals surface area contributed by atoms with Crippen LogP contribution in [0.4, 0.5) is 4.39 Å². The minimum atomic E-state index is -0.241. The molecule has 0 bridgehead atoms. The summed E-state index contributed by atoms with van der Waals surface area (Å²) in [5.41, 5.74) is 4.33. The van der Waals surface area contributed by atoms with E-state index in [1.54, 1.807) is 0 Å². The molecule has 108 valence electrons. The molecule has 4 heteroatoms. The molecule has 0 saturated heterocycles. The molecular weight excluding hydrogens is 299 g/mol. The second-order valence-corrected chi connectivity index (χ2v) is 5.76. The summed E-state index contributed by atoms with van der Waals surface area (Å²) in [6.45, 7) is 1.89. The first-order valence-corrected chi connectivity index (χ1v) is 7.34. The molecule has 0 saturated carbocycles. The Morgan fingerprint density at radius 1 is 1.09 bits per heavy atom. The van der Waals surface area contributed by atoms with Crippen molar-refractivity contribution in [2.45, 2.75) is 6.92 Å². The zero-order valence-corrected chi connectivity index (χ0v) is 12.6. The molecule has 1 N–H and O–H groups in total. The Kier molecular flexibility index (Phi) is 2.91. The molecule has 0 aliphatic heterocycles. The highest BCUT2D eigenvalue weighted by Crippen LogP contribution is 2.32. The van der Waals surface area contributed by atoms with Gasteiger partial charge in [-0.3, -0.25) is 0 Å². The molecule has 22 heavy (non-hydrogen) atoms. The lowest BCUT2D eigenvalue weighted by Gasteiger charge is -2.04. The molecular formula is C18H12ClFN2. The van der Waals surface area contributed by atoms with Crippen LogP contribution in [0, 0.1) is 12.7 Å². The lowest BCUT2D eigenvalue weighted by Crippen LogP contribution is -1.86. The Balaban J connectivity index is 1.99. The van der Waals surface area contributed by atoms with Gasteiger partial charge in [0.15, 0.2) is 0 Å². The maximum absolute atomic E-state index is 13.7. The number of H-pyrrole nitrogens is 1. The molecule has 0 aliphatic carbocycles. The first-order chi connectivity index (χ1) is 10.6. The van der Waals surface area contributed by atoms with E-state index in [2.05, 4.69) is 9.97 Å². The van der Waals surface area contributed by atoms with Crippen LogP contribution in [0.15, 0.2) is 48.7 Å². The van der Waals surface area contributed by atoms with Gasteiger partial charge < -0.3 is 4.98 Å². The molecule has 0 spiro atoms. The van der Waals surface area contributed by atoms with Crippen molar-refractivity contribution < 1.29 is 4.39 Å². The van der Waals surface area contributed by atoms with Gasteiger partial charge in [0.25, 0.3) is 0 Å². The fraction of sp³-hybridized carbons (Fsp3) is 0.0556. The van der Waals surface area contributed by atoms with Crippen LogP contribution in [0.2, 0.25) is 5.02 Å². The zero-order valence-electron chi connectivity index (χ0n) is 11.8. The van der Waals surface area contributed by atoms with Gasteiger partial charge in [-0.05, 0) is 48.9 Å². The Labute approximate surface area is 131 Å². The monoisotopic (exact) mass is 310 g/mol. The second kappa shape index (κ2) is 4.82. The van der Waals surface area contributed by atoms with Crippen LogP contribution in [-0.2, 0) is 0 Å².